The minimum absolute atomic E-state index is 0.191. The van der Waals surface area contributed by atoms with E-state index in [0.29, 0.717) is 11.4 Å². The number of benzene rings is 2. The molecule has 4 rings (SSSR count). The Bertz CT molecular complexity index is 1010. The van der Waals surface area contributed by atoms with Crippen molar-refractivity contribution in [2.24, 2.45) is 0 Å². The van der Waals surface area contributed by atoms with Crippen molar-refractivity contribution in [2.45, 2.75) is 6.92 Å². The maximum atomic E-state index is 12.2. The topological polar surface area (TPSA) is 75.6 Å². The highest BCUT2D eigenvalue weighted by Crippen LogP contribution is 2.18. The number of amides is 1. The molecule has 0 radical (unpaired) electrons. The Morgan fingerprint density at radius 3 is 2.67 bits per heavy atom. The predicted octanol–water partition coefficient (Wildman–Crippen LogP) is 3.31. The summed E-state index contributed by atoms with van der Waals surface area (Å²) >= 11 is 0. The van der Waals surface area contributed by atoms with E-state index in [4.69, 9.17) is 0 Å². The molecule has 0 unspecified atom stereocenters. The second-order valence-corrected chi connectivity index (χ2v) is 5.54. The van der Waals surface area contributed by atoms with Gasteiger partial charge in [0, 0.05) is 23.0 Å². The highest BCUT2D eigenvalue weighted by atomic mass is 16.1. The van der Waals surface area contributed by atoms with Crippen molar-refractivity contribution in [1.29, 1.82) is 0 Å². The number of carbonyl (C=O) groups excluding carboxylic acids is 1. The standard InChI is InChI=1S/C18H15N5O/c1-12-10-17(22-21-12)20-18(24)13-6-8-14(9-7-13)23-11-19-15-4-2-3-5-16(15)23/h2-11H,1H3,(H2,20,21,22,24). The van der Waals surface area contributed by atoms with Crippen LogP contribution in [0.4, 0.5) is 5.82 Å². The summed E-state index contributed by atoms with van der Waals surface area (Å²) in [5.74, 6) is 0.325. The Kier molecular flexibility index (Phi) is 3.35. The maximum Gasteiger partial charge on any atom is 0.256 e. The molecule has 6 nitrogen and oxygen atoms in total. The molecule has 118 valence electrons. The maximum absolute atomic E-state index is 12.2. The lowest BCUT2D eigenvalue weighted by atomic mass is 10.2. The molecule has 2 aromatic heterocycles. The van der Waals surface area contributed by atoms with Crippen LogP contribution in [0.2, 0.25) is 0 Å². The van der Waals surface area contributed by atoms with E-state index in [-0.39, 0.29) is 5.91 Å². The highest BCUT2D eigenvalue weighted by Gasteiger charge is 2.09. The van der Waals surface area contributed by atoms with E-state index in [2.05, 4.69) is 20.5 Å². The van der Waals surface area contributed by atoms with Crippen LogP contribution in [0.5, 0.6) is 0 Å². The quantitative estimate of drug-likeness (QED) is 0.608. The van der Waals surface area contributed by atoms with Crippen molar-refractivity contribution in [3.8, 4) is 5.69 Å². The minimum Gasteiger partial charge on any atom is -0.305 e. The van der Waals surface area contributed by atoms with Crippen molar-refractivity contribution >= 4 is 22.8 Å². The third kappa shape index (κ3) is 2.54. The molecule has 0 atom stereocenters. The van der Waals surface area contributed by atoms with Gasteiger partial charge in [0.15, 0.2) is 5.82 Å². The lowest BCUT2D eigenvalue weighted by Gasteiger charge is -2.06. The summed E-state index contributed by atoms with van der Waals surface area (Å²) in [6.07, 6.45) is 1.78. The third-order valence-corrected chi connectivity index (χ3v) is 3.81. The minimum atomic E-state index is -0.191. The lowest BCUT2D eigenvalue weighted by Crippen LogP contribution is -2.12. The van der Waals surface area contributed by atoms with Crippen LogP contribution in [0.3, 0.4) is 0 Å². The molecular formula is C18H15N5O. The molecule has 0 saturated carbocycles. The van der Waals surface area contributed by atoms with E-state index >= 15 is 0 Å². The zero-order chi connectivity index (χ0) is 16.5. The summed E-state index contributed by atoms with van der Waals surface area (Å²) in [6, 6.07) is 17.1. The van der Waals surface area contributed by atoms with Crippen LogP contribution < -0.4 is 5.32 Å². The zero-order valence-electron chi connectivity index (χ0n) is 13.0. The number of rotatable bonds is 3. The van der Waals surface area contributed by atoms with E-state index in [1.807, 2.05) is 47.9 Å². The number of hydrogen-bond acceptors (Lipinski definition) is 3. The van der Waals surface area contributed by atoms with Gasteiger partial charge in [-0.3, -0.25) is 14.5 Å². The SMILES string of the molecule is Cc1cc(NC(=O)c2ccc(-n3cnc4ccccc43)cc2)n[nH]1. The molecular weight excluding hydrogens is 302 g/mol. The van der Waals surface area contributed by atoms with Gasteiger partial charge in [-0.25, -0.2) is 4.98 Å². The first-order chi connectivity index (χ1) is 11.7. The Morgan fingerprint density at radius 1 is 1.12 bits per heavy atom. The molecule has 0 aliphatic carbocycles. The molecule has 2 aromatic carbocycles. The van der Waals surface area contributed by atoms with Crippen molar-refractivity contribution in [3.63, 3.8) is 0 Å². The fourth-order valence-electron chi connectivity index (χ4n) is 2.61. The van der Waals surface area contributed by atoms with Crippen LogP contribution in [0.1, 0.15) is 16.1 Å². The van der Waals surface area contributed by atoms with Crippen LogP contribution in [-0.4, -0.2) is 25.7 Å². The van der Waals surface area contributed by atoms with E-state index in [1.165, 1.54) is 0 Å². The number of anilines is 1. The molecule has 0 spiro atoms. The number of aryl methyl sites for hydroxylation is 1. The van der Waals surface area contributed by atoms with Gasteiger partial charge >= 0.3 is 0 Å². The molecule has 6 heteroatoms. The van der Waals surface area contributed by atoms with Crippen molar-refractivity contribution in [1.82, 2.24) is 19.7 Å². The van der Waals surface area contributed by atoms with Crippen LogP contribution >= 0.6 is 0 Å². The number of carbonyl (C=O) groups is 1. The number of nitrogens with zero attached hydrogens (tertiary/aromatic N) is 3. The third-order valence-electron chi connectivity index (χ3n) is 3.81. The molecule has 0 aliphatic rings. The Labute approximate surface area is 138 Å². The van der Waals surface area contributed by atoms with Crippen molar-refractivity contribution in [2.75, 3.05) is 5.32 Å². The number of para-hydroxylation sites is 2. The van der Waals surface area contributed by atoms with Crippen molar-refractivity contribution in [3.05, 3.63) is 72.2 Å². The van der Waals surface area contributed by atoms with Gasteiger partial charge < -0.3 is 5.32 Å². The Morgan fingerprint density at radius 2 is 1.92 bits per heavy atom. The number of aromatic nitrogens is 4. The summed E-state index contributed by atoms with van der Waals surface area (Å²) < 4.78 is 1.99. The Balaban J connectivity index is 1.59. The van der Waals surface area contributed by atoms with E-state index < -0.39 is 0 Å². The average Bonchev–Trinajstić information content (AvgIpc) is 3.21. The largest absolute Gasteiger partial charge is 0.305 e. The molecule has 0 fully saturated rings. The number of aromatic amines is 1. The van der Waals surface area contributed by atoms with Gasteiger partial charge in [-0.05, 0) is 43.3 Å². The normalized spacial score (nSPS) is 10.9. The summed E-state index contributed by atoms with van der Waals surface area (Å²) in [4.78, 5) is 16.6. The monoisotopic (exact) mass is 317 g/mol. The first-order valence-electron chi connectivity index (χ1n) is 7.56. The number of imidazole rings is 1. The number of fused-ring (bicyclic) bond motifs is 1. The molecule has 4 aromatic rings. The second-order valence-electron chi connectivity index (χ2n) is 5.54. The smallest absolute Gasteiger partial charge is 0.256 e. The molecule has 2 N–H and O–H groups in total. The fourth-order valence-corrected chi connectivity index (χ4v) is 2.61. The van der Waals surface area contributed by atoms with Crippen LogP contribution in [0, 0.1) is 6.92 Å². The van der Waals surface area contributed by atoms with Crippen LogP contribution in [0.25, 0.3) is 16.7 Å². The first kappa shape index (κ1) is 14.2. The molecule has 0 bridgehead atoms. The van der Waals surface area contributed by atoms with Gasteiger partial charge in [0.05, 0.1) is 11.0 Å². The van der Waals surface area contributed by atoms with Gasteiger partial charge in [-0.2, -0.15) is 5.10 Å². The van der Waals surface area contributed by atoms with Gasteiger partial charge in [-0.1, -0.05) is 12.1 Å². The molecule has 2 heterocycles. The van der Waals surface area contributed by atoms with Crippen LogP contribution in [0.15, 0.2) is 60.9 Å². The van der Waals surface area contributed by atoms with Gasteiger partial charge in [0.25, 0.3) is 5.91 Å². The number of nitrogens with one attached hydrogen (secondary N) is 2. The van der Waals surface area contributed by atoms with Gasteiger partial charge in [0.1, 0.15) is 6.33 Å². The zero-order valence-corrected chi connectivity index (χ0v) is 13.0. The average molecular weight is 317 g/mol. The van der Waals surface area contributed by atoms with E-state index in [1.54, 1.807) is 24.5 Å². The summed E-state index contributed by atoms with van der Waals surface area (Å²) in [5, 5.41) is 9.56. The number of H-pyrrole nitrogens is 1. The Hall–Kier alpha value is -3.41. The van der Waals surface area contributed by atoms with Gasteiger partial charge in [-0.15, -0.1) is 0 Å². The van der Waals surface area contributed by atoms with E-state index in [9.17, 15) is 4.79 Å². The highest BCUT2D eigenvalue weighted by molar-refractivity contribution is 6.03. The van der Waals surface area contributed by atoms with E-state index in [0.717, 1.165) is 22.4 Å². The second kappa shape index (κ2) is 5.66. The van der Waals surface area contributed by atoms with Crippen LogP contribution in [-0.2, 0) is 0 Å². The summed E-state index contributed by atoms with van der Waals surface area (Å²) in [7, 11) is 0. The predicted molar refractivity (Wildman–Crippen MR) is 92.3 cm³/mol. The first-order valence-corrected chi connectivity index (χ1v) is 7.56. The van der Waals surface area contributed by atoms with Gasteiger partial charge in [0.2, 0.25) is 0 Å². The lowest BCUT2D eigenvalue weighted by molar-refractivity contribution is 0.102. The van der Waals surface area contributed by atoms with Crippen molar-refractivity contribution < 1.29 is 4.79 Å². The molecule has 24 heavy (non-hydrogen) atoms. The fraction of sp³-hybridized carbons (Fsp3) is 0.0556. The molecule has 0 aliphatic heterocycles. The molecule has 0 saturated heterocycles. The molecule has 1 amide bonds. The summed E-state index contributed by atoms with van der Waals surface area (Å²) in [5.41, 5.74) is 4.39. The summed E-state index contributed by atoms with van der Waals surface area (Å²) in [6.45, 7) is 1.88. The number of hydrogen-bond donors (Lipinski definition) is 2.